The van der Waals surface area contributed by atoms with E-state index in [1.807, 2.05) is 0 Å². The molecule has 1 aliphatic heterocycles. The molecular weight excluding hydrogens is 210 g/mol. The van der Waals surface area contributed by atoms with Gasteiger partial charge in [0.2, 0.25) is 0 Å². The molecule has 2 nitrogen and oxygen atoms in total. The molecule has 0 amide bonds. The molecule has 0 saturated heterocycles. The molecule has 1 saturated carbocycles. The van der Waals surface area contributed by atoms with Crippen LogP contribution in [0.15, 0.2) is 24.3 Å². The van der Waals surface area contributed by atoms with Gasteiger partial charge in [0.15, 0.2) is 0 Å². The Labute approximate surface area is 103 Å². The summed E-state index contributed by atoms with van der Waals surface area (Å²) in [7, 11) is 0. The summed E-state index contributed by atoms with van der Waals surface area (Å²) >= 11 is 0. The van der Waals surface area contributed by atoms with Crippen molar-refractivity contribution in [1.82, 2.24) is 5.32 Å². The number of rotatable bonds is 1. The maximum absolute atomic E-state index is 10.9. The minimum absolute atomic E-state index is 0.136. The van der Waals surface area contributed by atoms with Gasteiger partial charge in [0.05, 0.1) is 11.6 Å². The van der Waals surface area contributed by atoms with Gasteiger partial charge in [0.1, 0.15) is 0 Å². The highest BCUT2D eigenvalue weighted by Gasteiger charge is 2.44. The molecule has 3 rings (SSSR count). The van der Waals surface area contributed by atoms with Gasteiger partial charge in [0, 0.05) is 0 Å². The third-order valence-electron chi connectivity index (χ3n) is 4.42. The molecule has 2 heteroatoms. The van der Waals surface area contributed by atoms with Crippen molar-refractivity contribution in [3.05, 3.63) is 35.4 Å². The van der Waals surface area contributed by atoms with Crippen molar-refractivity contribution in [3.63, 3.8) is 0 Å². The number of hydrogen-bond donors (Lipinski definition) is 2. The van der Waals surface area contributed by atoms with E-state index < -0.39 is 5.60 Å². The fraction of sp³-hybridized carbons (Fsp3) is 0.600. The van der Waals surface area contributed by atoms with Gasteiger partial charge < -0.3 is 10.4 Å². The first-order chi connectivity index (χ1) is 8.19. The third-order valence-corrected chi connectivity index (χ3v) is 4.42. The molecule has 1 aliphatic carbocycles. The molecule has 1 heterocycles. The summed E-state index contributed by atoms with van der Waals surface area (Å²) in [6.45, 7) is 3.23. The van der Waals surface area contributed by atoms with Gasteiger partial charge in [-0.2, -0.15) is 0 Å². The van der Waals surface area contributed by atoms with Crippen molar-refractivity contribution >= 4 is 0 Å². The predicted octanol–water partition coefficient (Wildman–Crippen LogP) is 2.42. The van der Waals surface area contributed by atoms with Gasteiger partial charge in [-0.3, -0.25) is 0 Å². The Morgan fingerprint density at radius 3 is 2.94 bits per heavy atom. The molecule has 0 bridgehead atoms. The molecule has 17 heavy (non-hydrogen) atoms. The van der Waals surface area contributed by atoms with Crippen LogP contribution in [0.1, 0.15) is 43.4 Å². The zero-order chi connectivity index (χ0) is 11.9. The van der Waals surface area contributed by atoms with Crippen LogP contribution in [0, 0.1) is 5.92 Å². The molecule has 92 valence electrons. The van der Waals surface area contributed by atoms with Crippen LogP contribution in [-0.2, 0) is 6.42 Å². The van der Waals surface area contributed by atoms with Gasteiger partial charge in [-0.1, -0.05) is 31.2 Å². The smallest absolute Gasteiger partial charge is 0.0844 e. The van der Waals surface area contributed by atoms with Crippen molar-refractivity contribution in [2.24, 2.45) is 5.92 Å². The van der Waals surface area contributed by atoms with E-state index in [0.29, 0.717) is 5.92 Å². The van der Waals surface area contributed by atoms with E-state index in [9.17, 15) is 5.11 Å². The van der Waals surface area contributed by atoms with Crippen LogP contribution in [-0.4, -0.2) is 17.3 Å². The Bertz CT molecular complexity index is 417. The highest BCUT2D eigenvalue weighted by molar-refractivity contribution is 5.34. The van der Waals surface area contributed by atoms with E-state index in [-0.39, 0.29) is 6.04 Å². The monoisotopic (exact) mass is 231 g/mol. The topological polar surface area (TPSA) is 32.3 Å². The maximum atomic E-state index is 10.9. The predicted molar refractivity (Wildman–Crippen MR) is 68.9 cm³/mol. The summed E-state index contributed by atoms with van der Waals surface area (Å²) in [5.41, 5.74) is 2.19. The second kappa shape index (κ2) is 4.11. The van der Waals surface area contributed by atoms with Crippen LogP contribution in [0.25, 0.3) is 0 Å². The fourth-order valence-electron chi connectivity index (χ4n) is 3.55. The van der Waals surface area contributed by atoms with Crippen LogP contribution in [0.2, 0.25) is 0 Å². The normalized spacial score (nSPS) is 36.8. The van der Waals surface area contributed by atoms with Gasteiger partial charge in [-0.15, -0.1) is 0 Å². The Morgan fingerprint density at radius 2 is 2.18 bits per heavy atom. The molecule has 0 aromatic heterocycles. The number of fused-ring (bicyclic) bond motifs is 1. The molecule has 0 radical (unpaired) electrons. The summed E-state index contributed by atoms with van der Waals surface area (Å²) in [5.74, 6) is 0.649. The number of hydrogen-bond acceptors (Lipinski definition) is 2. The summed E-state index contributed by atoms with van der Waals surface area (Å²) < 4.78 is 0. The van der Waals surface area contributed by atoms with Crippen LogP contribution in [0.4, 0.5) is 0 Å². The van der Waals surface area contributed by atoms with Crippen molar-refractivity contribution in [1.29, 1.82) is 0 Å². The molecule has 1 aromatic rings. The summed E-state index contributed by atoms with van der Waals surface area (Å²) in [6, 6.07) is 8.69. The lowest BCUT2D eigenvalue weighted by molar-refractivity contribution is 0.00181. The number of aliphatic hydroxyl groups is 1. The van der Waals surface area contributed by atoms with E-state index >= 15 is 0 Å². The lowest BCUT2D eigenvalue weighted by Crippen LogP contribution is -2.45. The quantitative estimate of drug-likeness (QED) is 0.778. The molecule has 1 fully saturated rings. The first kappa shape index (κ1) is 11.2. The van der Waals surface area contributed by atoms with Crippen molar-refractivity contribution < 1.29 is 5.11 Å². The molecule has 1 aromatic carbocycles. The van der Waals surface area contributed by atoms with Gasteiger partial charge in [-0.25, -0.2) is 0 Å². The zero-order valence-electron chi connectivity index (χ0n) is 10.4. The summed E-state index contributed by atoms with van der Waals surface area (Å²) in [4.78, 5) is 0. The molecule has 3 atom stereocenters. The molecular formula is C15H21NO. The van der Waals surface area contributed by atoms with E-state index in [2.05, 4.69) is 36.5 Å². The van der Waals surface area contributed by atoms with Gasteiger partial charge in [0.25, 0.3) is 0 Å². The summed E-state index contributed by atoms with van der Waals surface area (Å²) in [6.07, 6.45) is 4.09. The standard InChI is InChI=1S/C15H21NO/c1-11-6-8-15(17,10-11)14-13-5-3-2-4-12(13)7-9-16-14/h2-5,11,14,16-17H,6-10H2,1H3. The van der Waals surface area contributed by atoms with Crippen LogP contribution in [0.3, 0.4) is 0 Å². The van der Waals surface area contributed by atoms with E-state index in [4.69, 9.17) is 0 Å². The molecule has 3 unspecified atom stereocenters. The molecule has 0 spiro atoms. The average Bonchev–Trinajstić information content (AvgIpc) is 2.70. The van der Waals surface area contributed by atoms with Gasteiger partial charge in [-0.05, 0) is 49.3 Å². The van der Waals surface area contributed by atoms with Crippen LogP contribution >= 0.6 is 0 Å². The Kier molecular flexibility index (Phi) is 2.72. The second-order valence-corrected chi connectivity index (χ2v) is 5.79. The minimum atomic E-state index is -0.532. The summed E-state index contributed by atoms with van der Waals surface area (Å²) in [5, 5.41) is 14.4. The first-order valence-corrected chi connectivity index (χ1v) is 6.73. The van der Waals surface area contributed by atoms with Gasteiger partial charge >= 0.3 is 0 Å². The highest BCUT2D eigenvalue weighted by Crippen LogP contribution is 2.44. The van der Waals surface area contributed by atoms with Crippen molar-refractivity contribution in [2.45, 2.75) is 44.2 Å². The van der Waals surface area contributed by atoms with Crippen molar-refractivity contribution in [3.8, 4) is 0 Å². The van der Waals surface area contributed by atoms with Crippen LogP contribution < -0.4 is 5.32 Å². The molecule has 2 aliphatic rings. The Balaban J connectivity index is 1.95. The average molecular weight is 231 g/mol. The first-order valence-electron chi connectivity index (χ1n) is 6.73. The number of nitrogens with one attached hydrogen (secondary N) is 1. The Morgan fingerprint density at radius 1 is 1.35 bits per heavy atom. The van der Waals surface area contributed by atoms with E-state index in [0.717, 1.165) is 32.2 Å². The SMILES string of the molecule is CC1CCC(O)(C2NCCc3ccccc32)C1. The fourth-order valence-corrected chi connectivity index (χ4v) is 3.55. The lowest BCUT2D eigenvalue weighted by atomic mass is 9.81. The van der Waals surface area contributed by atoms with Crippen LogP contribution in [0.5, 0.6) is 0 Å². The Hall–Kier alpha value is -0.860. The number of benzene rings is 1. The zero-order valence-corrected chi connectivity index (χ0v) is 10.4. The highest BCUT2D eigenvalue weighted by atomic mass is 16.3. The maximum Gasteiger partial charge on any atom is 0.0844 e. The third kappa shape index (κ3) is 1.90. The van der Waals surface area contributed by atoms with Crippen molar-refractivity contribution in [2.75, 3.05) is 6.54 Å². The van der Waals surface area contributed by atoms with E-state index in [1.165, 1.54) is 11.1 Å². The minimum Gasteiger partial charge on any atom is -0.388 e. The second-order valence-electron chi connectivity index (χ2n) is 5.79. The lowest BCUT2D eigenvalue weighted by Gasteiger charge is -2.38. The largest absolute Gasteiger partial charge is 0.388 e. The molecule has 2 N–H and O–H groups in total. The van der Waals surface area contributed by atoms with E-state index in [1.54, 1.807) is 0 Å².